The second-order valence-electron chi connectivity index (χ2n) is 4.66. The summed E-state index contributed by atoms with van der Waals surface area (Å²) in [4.78, 5) is 12.5. The number of rotatable bonds is 6. The fraction of sp³-hybridized carbons (Fsp3) is 0.900. The molecule has 4 nitrogen and oxygen atoms in total. The monoisotopic (exact) mass is 203 g/mol. The maximum Gasteiger partial charge on any atom is 0.317 e. The van der Waals surface area contributed by atoms with E-state index in [1.54, 1.807) is 7.11 Å². The van der Waals surface area contributed by atoms with Gasteiger partial charge < -0.3 is 9.84 Å². The average Bonchev–Trinajstić information content (AvgIpc) is 1.96. The van der Waals surface area contributed by atoms with Crippen LogP contribution in [0.15, 0.2) is 0 Å². The van der Waals surface area contributed by atoms with Crippen LogP contribution >= 0.6 is 0 Å². The number of aliphatic carboxylic acids is 1. The first-order valence-corrected chi connectivity index (χ1v) is 4.78. The minimum atomic E-state index is -0.787. The third-order valence-corrected chi connectivity index (χ3v) is 1.67. The van der Waals surface area contributed by atoms with E-state index >= 15 is 0 Å². The van der Waals surface area contributed by atoms with E-state index in [0.717, 1.165) is 6.54 Å². The van der Waals surface area contributed by atoms with Gasteiger partial charge >= 0.3 is 5.97 Å². The van der Waals surface area contributed by atoms with E-state index in [9.17, 15) is 4.79 Å². The topological polar surface area (TPSA) is 49.8 Å². The number of hydrogen-bond acceptors (Lipinski definition) is 3. The summed E-state index contributed by atoms with van der Waals surface area (Å²) in [5.41, 5.74) is 0.114. The van der Waals surface area contributed by atoms with Crippen molar-refractivity contribution in [3.05, 3.63) is 0 Å². The largest absolute Gasteiger partial charge is 0.480 e. The second-order valence-corrected chi connectivity index (χ2v) is 4.66. The van der Waals surface area contributed by atoms with E-state index in [0.29, 0.717) is 13.2 Å². The van der Waals surface area contributed by atoms with Gasteiger partial charge in [0.2, 0.25) is 0 Å². The average molecular weight is 203 g/mol. The molecule has 0 aliphatic heterocycles. The van der Waals surface area contributed by atoms with Crippen molar-refractivity contribution in [3.8, 4) is 0 Å². The Hall–Kier alpha value is -0.610. The van der Waals surface area contributed by atoms with Crippen LogP contribution < -0.4 is 0 Å². The summed E-state index contributed by atoms with van der Waals surface area (Å²) >= 11 is 0. The first kappa shape index (κ1) is 13.4. The van der Waals surface area contributed by atoms with Gasteiger partial charge in [0.1, 0.15) is 0 Å². The van der Waals surface area contributed by atoms with Crippen LogP contribution in [0.3, 0.4) is 0 Å². The molecule has 0 saturated carbocycles. The highest BCUT2D eigenvalue weighted by Crippen LogP contribution is 2.14. The Balaban J connectivity index is 4.03. The van der Waals surface area contributed by atoms with Gasteiger partial charge in [0.15, 0.2) is 0 Å². The van der Waals surface area contributed by atoms with Crippen molar-refractivity contribution in [2.24, 2.45) is 5.41 Å². The fourth-order valence-corrected chi connectivity index (χ4v) is 1.30. The highest BCUT2D eigenvalue weighted by molar-refractivity contribution is 5.69. The van der Waals surface area contributed by atoms with E-state index in [4.69, 9.17) is 9.84 Å². The molecule has 0 aromatic heterocycles. The molecule has 0 fully saturated rings. The zero-order valence-corrected chi connectivity index (χ0v) is 9.54. The molecule has 0 saturated heterocycles. The zero-order valence-electron chi connectivity index (χ0n) is 9.54. The lowest BCUT2D eigenvalue weighted by Gasteiger charge is -2.28. The maximum absolute atomic E-state index is 10.6. The van der Waals surface area contributed by atoms with E-state index < -0.39 is 5.97 Å². The summed E-state index contributed by atoms with van der Waals surface area (Å²) in [6, 6.07) is 0. The van der Waals surface area contributed by atoms with Crippen LogP contribution in [-0.2, 0) is 9.53 Å². The molecule has 0 amide bonds. The maximum atomic E-state index is 10.6. The summed E-state index contributed by atoms with van der Waals surface area (Å²) in [5, 5.41) is 8.70. The molecule has 0 atom stereocenters. The van der Waals surface area contributed by atoms with Gasteiger partial charge in [-0.3, -0.25) is 9.69 Å². The number of hydrogen-bond donors (Lipinski definition) is 1. The van der Waals surface area contributed by atoms with Crippen LogP contribution in [0, 0.1) is 5.41 Å². The minimum absolute atomic E-state index is 0.0840. The van der Waals surface area contributed by atoms with Crippen molar-refractivity contribution in [1.82, 2.24) is 4.90 Å². The Labute approximate surface area is 85.9 Å². The van der Waals surface area contributed by atoms with Crippen molar-refractivity contribution >= 4 is 5.97 Å². The molecule has 1 N–H and O–H groups in total. The summed E-state index contributed by atoms with van der Waals surface area (Å²) in [6.07, 6.45) is 0. The van der Waals surface area contributed by atoms with Gasteiger partial charge in [0, 0.05) is 20.2 Å². The van der Waals surface area contributed by atoms with Gasteiger partial charge in [0.05, 0.1) is 13.2 Å². The van der Waals surface area contributed by atoms with Crippen LogP contribution in [0.25, 0.3) is 0 Å². The fourth-order valence-electron chi connectivity index (χ4n) is 1.30. The molecule has 0 radical (unpaired) electrons. The van der Waals surface area contributed by atoms with Crippen LogP contribution in [0.5, 0.6) is 0 Å². The first-order valence-electron chi connectivity index (χ1n) is 4.78. The Bertz CT molecular complexity index is 175. The molecular formula is C10H21NO3. The molecule has 14 heavy (non-hydrogen) atoms. The smallest absolute Gasteiger partial charge is 0.317 e. The highest BCUT2D eigenvalue weighted by Gasteiger charge is 2.17. The van der Waals surface area contributed by atoms with Gasteiger partial charge in [0.25, 0.3) is 0 Å². The lowest BCUT2D eigenvalue weighted by atomic mass is 9.96. The quantitative estimate of drug-likeness (QED) is 0.701. The molecule has 0 spiro atoms. The van der Waals surface area contributed by atoms with E-state index in [1.807, 2.05) is 4.90 Å². The Morgan fingerprint density at radius 3 is 2.36 bits per heavy atom. The molecule has 0 bridgehead atoms. The van der Waals surface area contributed by atoms with Gasteiger partial charge in [-0.2, -0.15) is 0 Å². The molecule has 0 heterocycles. The van der Waals surface area contributed by atoms with Gasteiger partial charge in [-0.15, -0.1) is 0 Å². The minimum Gasteiger partial charge on any atom is -0.480 e. The second kappa shape index (κ2) is 5.98. The predicted molar refractivity (Wildman–Crippen MR) is 55.4 cm³/mol. The number of ether oxygens (including phenoxy) is 1. The Morgan fingerprint density at radius 1 is 1.43 bits per heavy atom. The molecule has 0 aromatic rings. The van der Waals surface area contributed by atoms with Crippen LogP contribution in [0.4, 0.5) is 0 Å². The summed E-state index contributed by atoms with van der Waals surface area (Å²) < 4.78 is 4.93. The van der Waals surface area contributed by atoms with Crippen LogP contribution in [-0.4, -0.2) is 49.3 Å². The molecule has 4 heteroatoms. The van der Waals surface area contributed by atoms with E-state index in [-0.39, 0.29) is 12.0 Å². The Morgan fingerprint density at radius 2 is 2.00 bits per heavy atom. The summed E-state index contributed by atoms with van der Waals surface area (Å²) in [5.74, 6) is -0.787. The third kappa shape index (κ3) is 8.01. The lowest BCUT2D eigenvalue weighted by Crippen LogP contribution is -2.38. The number of carboxylic acid groups (broad SMARTS) is 1. The van der Waals surface area contributed by atoms with Crippen molar-refractivity contribution in [1.29, 1.82) is 0 Å². The van der Waals surface area contributed by atoms with Crippen LogP contribution in [0.1, 0.15) is 20.8 Å². The number of carboxylic acids is 1. The SMILES string of the molecule is COCCN(CC(=O)O)CC(C)(C)C. The molecule has 0 aliphatic carbocycles. The van der Waals surface area contributed by atoms with Gasteiger partial charge in [-0.05, 0) is 5.41 Å². The predicted octanol–water partition coefficient (Wildman–Crippen LogP) is 1.07. The third-order valence-electron chi connectivity index (χ3n) is 1.67. The van der Waals surface area contributed by atoms with Gasteiger partial charge in [-0.1, -0.05) is 20.8 Å². The molecule has 0 rings (SSSR count). The zero-order chi connectivity index (χ0) is 11.2. The van der Waals surface area contributed by atoms with Crippen molar-refractivity contribution in [2.45, 2.75) is 20.8 Å². The normalized spacial score (nSPS) is 12.1. The summed E-state index contributed by atoms with van der Waals surface area (Å²) in [6.45, 7) is 8.37. The molecule has 0 aliphatic rings. The Kier molecular flexibility index (Phi) is 5.72. The standard InChI is InChI=1S/C10H21NO3/c1-10(2,3)8-11(5-6-14-4)7-9(12)13/h5-8H2,1-4H3,(H,12,13). The number of methoxy groups -OCH3 is 1. The molecule has 0 aromatic carbocycles. The number of carbonyl (C=O) groups is 1. The van der Waals surface area contributed by atoms with E-state index in [2.05, 4.69) is 20.8 Å². The molecule has 84 valence electrons. The van der Waals surface area contributed by atoms with Crippen LogP contribution in [0.2, 0.25) is 0 Å². The van der Waals surface area contributed by atoms with Crippen molar-refractivity contribution in [2.75, 3.05) is 33.4 Å². The number of nitrogens with zero attached hydrogens (tertiary/aromatic N) is 1. The van der Waals surface area contributed by atoms with Crippen molar-refractivity contribution in [3.63, 3.8) is 0 Å². The molecular weight excluding hydrogens is 182 g/mol. The molecule has 0 unspecified atom stereocenters. The van der Waals surface area contributed by atoms with Crippen molar-refractivity contribution < 1.29 is 14.6 Å². The van der Waals surface area contributed by atoms with E-state index in [1.165, 1.54) is 0 Å². The summed E-state index contributed by atoms with van der Waals surface area (Å²) in [7, 11) is 1.62. The lowest BCUT2D eigenvalue weighted by molar-refractivity contribution is -0.138. The highest BCUT2D eigenvalue weighted by atomic mass is 16.5. The van der Waals surface area contributed by atoms with Gasteiger partial charge in [-0.25, -0.2) is 0 Å². The first-order chi connectivity index (χ1) is 6.35.